The number of nitrogens with zero attached hydrogens (tertiary/aromatic N) is 1. The fraction of sp³-hybridized carbons (Fsp3) is 0.455. The molecule has 1 N–H and O–H groups in total. The first kappa shape index (κ1) is 18.6. The first-order valence-electron chi connectivity index (χ1n) is 9.39. The maximum Gasteiger partial charge on any atom is 0.134 e. The molecule has 0 bridgehead atoms. The van der Waals surface area contributed by atoms with Crippen molar-refractivity contribution in [3.8, 4) is 11.5 Å². The summed E-state index contributed by atoms with van der Waals surface area (Å²) in [6.07, 6.45) is 0. The topological polar surface area (TPSA) is 26.1 Å². The van der Waals surface area contributed by atoms with Crippen molar-refractivity contribution in [2.75, 3.05) is 45.3 Å². The molecule has 4 heteroatoms. The number of methoxy groups -OCH3 is 2. The lowest BCUT2D eigenvalue weighted by Gasteiger charge is -2.35. The predicted molar refractivity (Wildman–Crippen MR) is 107 cm³/mol. The van der Waals surface area contributed by atoms with Gasteiger partial charge in [0.25, 0.3) is 0 Å². The number of hydrogen-bond donors (Lipinski definition) is 1. The number of quaternary nitrogens is 1. The molecule has 26 heavy (non-hydrogen) atoms. The van der Waals surface area contributed by atoms with E-state index < -0.39 is 0 Å². The molecule has 0 aromatic heterocycles. The van der Waals surface area contributed by atoms with E-state index in [-0.39, 0.29) is 0 Å². The maximum atomic E-state index is 5.68. The van der Waals surface area contributed by atoms with E-state index in [1.807, 2.05) is 0 Å². The van der Waals surface area contributed by atoms with Gasteiger partial charge >= 0.3 is 0 Å². The monoisotopic (exact) mass is 355 g/mol. The summed E-state index contributed by atoms with van der Waals surface area (Å²) in [4.78, 5) is 4.14. The number of benzene rings is 2. The molecular weight excluding hydrogens is 324 g/mol. The van der Waals surface area contributed by atoms with E-state index in [1.165, 1.54) is 22.4 Å². The first-order chi connectivity index (χ1) is 12.5. The summed E-state index contributed by atoms with van der Waals surface area (Å²) < 4.78 is 11.1. The predicted octanol–water partition coefficient (Wildman–Crippen LogP) is 2.53. The Bertz CT molecular complexity index is 765. The van der Waals surface area contributed by atoms with Crippen LogP contribution < -0.4 is 19.3 Å². The Morgan fingerprint density at radius 1 is 0.962 bits per heavy atom. The van der Waals surface area contributed by atoms with Gasteiger partial charge in [-0.1, -0.05) is 12.1 Å². The van der Waals surface area contributed by atoms with Gasteiger partial charge in [0, 0.05) is 16.8 Å². The van der Waals surface area contributed by atoms with Crippen LogP contribution in [-0.2, 0) is 6.54 Å². The number of ether oxygens (including phenoxy) is 2. The smallest absolute Gasteiger partial charge is 0.134 e. The Morgan fingerprint density at radius 2 is 1.69 bits per heavy atom. The Hall–Kier alpha value is -2.20. The summed E-state index contributed by atoms with van der Waals surface area (Å²) in [5.41, 5.74) is 6.44. The number of rotatable bonds is 5. The Balaban J connectivity index is 1.68. The molecule has 1 saturated heterocycles. The van der Waals surface area contributed by atoms with Crippen molar-refractivity contribution in [3.63, 3.8) is 0 Å². The molecule has 1 aliphatic rings. The number of anilines is 1. The second-order valence-corrected chi connectivity index (χ2v) is 7.29. The zero-order chi connectivity index (χ0) is 18.7. The van der Waals surface area contributed by atoms with Crippen LogP contribution in [0.3, 0.4) is 0 Å². The minimum Gasteiger partial charge on any atom is -0.496 e. The van der Waals surface area contributed by atoms with E-state index in [1.54, 1.807) is 19.1 Å². The van der Waals surface area contributed by atoms with Gasteiger partial charge in [0.1, 0.15) is 18.0 Å². The summed E-state index contributed by atoms with van der Waals surface area (Å²) in [5.74, 6) is 1.86. The van der Waals surface area contributed by atoms with E-state index >= 15 is 0 Å². The molecule has 0 radical (unpaired) electrons. The highest BCUT2D eigenvalue weighted by atomic mass is 16.5. The number of aryl methyl sites for hydroxylation is 2. The van der Waals surface area contributed by atoms with Crippen molar-refractivity contribution in [2.45, 2.75) is 27.3 Å². The molecule has 3 rings (SSSR count). The van der Waals surface area contributed by atoms with E-state index in [0.717, 1.165) is 49.8 Å². The number of piperazine rings is 1. The standard InChI is InChI=1S/C22H30N2O2/c1-16-6-7-17(2)20(14-16)24-12-10-23(11-13-24)15-19-8-9-21(25-4)18(3)22(19)26-5/h6-9,14H,10-13,15H2,1-5H3/p+1. The van der Waals surface area contributed by atoms with Crippen LogP contribution in [0.1, 0.15) is 22.3 Å². The fourth-order valence-corrected chi connectivity index (χ4v) is 3.94. The minimum atomic E-state index is 0.889. The van der Waals surface area contributed by atoms with E-state index in [9.17, 15) is 0 Å². The Kier molecular flexibility index (Phi) is 5.72. The van der Waals surface area contributed by atoms with Crippen LogP contribution in [0, 0.1) is 20.8 Å². The zero-order valence-electron chi connectivity index (χ0n) is 16.7. The zero-order valence-corrected chi connectivity index (χ0v) is 16.7. The van der Waals surface area contributed by atoms with Crippen LogP contribution in [0.2, 0.25) is 0 Å². The van der Waals surface area contributed by atoms with Crippen LogP contribution in [0.5, 0.6) is 11.5 Å². The summed E-state index contributed by atoms with van der Waals surface area (Å²) in [6, 6.07) is 10.9. The van der Waals surface area contributed by atoms with Crippen molar-refractivity contribution < 1.29 is 14.4 Å². The molecule has 0 spiro atoms. The van der Waals surface area contributed by atoms with Crippen molar-refractivity contribution in [2.24, 2.45) is 0 Å². The highest BCUT2D eigenvalue weighted by Gasteiger charge is 2.23. The molecule has 1 aliphatic heterocycles. The molecule has 0 aliphatic carbocycles. The van der Waals surface area contributed by atoms with Crippen LogP contribution in [0.25, 0.3) is 0 Å². The molecule has 1 heterocycles. The minimum absolute atomic E-state index is 0.889. The van der Waals surface area contributed by atoms with Gasteiger partial charge in [0.15, 0.2) is 0 Å². The SMILES string of the molecule is COc1ccc(C[NH+]2CCN(c3cc(C)ccc3C)CC2)c(OC)c1C. The molecule has 2 aromatic carbocycles. The molecule has 0 atom stereocenters. The van der Waals surface area contributed by atoms with Crippen molar-refractivity contribution in [1.29, 1.82) is 0 Å². The van der Waals surface area contributed by atoms with Crippen LogP contribution in [0.4, 0.5) is 5.69 Å². The third-order valence-corrected chi connectivity index (χ3v) is 5.48. The molecule has 0 saturated carbocycles. The number of hydrogen-bond acceptors (Lipinski definition) is 3. The molecule has 0 unspecified atom stereocenters. The highest BCUT2D eigenvalue weighted by molar-refractivity contribution is 5.55. The Morgan fingerprint density at radius 3 is 2.35 bits per heavy atom. The third kappa shape index (κ3) is 3.80. The van der Waals surface area contributed by atoms with Crippen LogP contribution in [0.15, 0.2) is 30.3 Å². The molecule has 1 fully saturated rings. The second-order valence-electron chi connectivity index (χ2n) is 7.29. The molecule has 4 nitrogen and oxygen atoms in total. The lowest BCUT2D eigenvalue weighted by molar-refractivity contribution is -0.914. The van der Waals surface area contributed by atoms with Gasteiger partial charge in [0.05, 0.1) is 40.4 Å². The van der Waals surface area contributed by atoms with E-state index in [2.05, 4.69) is 56.0 Å². The maximum absolute atomic E-state index is 5.68. The summed E-state index contributed by atoms with van der Waals surface area (Å²) in [5, 5.41) is 0. The van der Waals surface area contributed by atoms with Crippen LogP contribution in [-0.4, -0.2) is 40.4 Å². The molecule has 140 valence electrons. The average Bonchev–Trinajstić information content (AvgIpc) is 2.65. The van der Waals surface area contributed by atoms with Crippen LogP contribution >= 0.6 is 0 Å². The fourth-order valence-electron chi connectivity index (χ4n) is 3.94. The highest BCUT2D eigenvalue weighted by Crippen LogP contribution is 2.31. The van der Waals surface area contributed by atoms with Gasteiger partial charge in [-0.3, -0.25) is 0 Å². The lowest BCUT2D eigenvalue weighted by atomic mass is 10.1. The molecule has 2 aromatic rings. The largest absolute Gasteiger partial charge is 0.496 e. The lowest BCUT2D eigenvalue weighted by Crippen LogP contribution is -3.13. The van der Waals surface area contributed by atoms with E-state index in [0.29, 0.717) is 0 Å². The number of nitrogens with one attached hydrogen (secondary N) is 1. The second kappa shape index (κ2) is 8.00. The Labute approximate surface area is 157 Å². The van der Waals surface area contributed by atoms with Crippen molar-refractivity contribution in [1.82, 2.24) is 0 Å². The van der Waals surface area contributed by atoms with Gasteiger partial charge in [0.2, 0.25) is 0 Å². The van der Waals surface area contributed by atoms with Gasteiger partial charge in [-0.2, -0.15) is 0 Å². The van der Waals surface area contributed by atoms with E-state index in [4.69, 9.17) is 9.47 Å². The van der Waals surface area contributed by atoms with Crippen molar-refractivity contribution in [3.05, 3.63) is 52.6 Å². The summed E-state index contributed by atoms with van der Waals surface area (Å²) in [6.45, 7) is 11.9. The normalized spacial score (nSPS) is 15.2. The van der Waals surface area contributed by atoms with Gasteiger partial charge < -0.3 is 19.3 Å². The van der Waals surface area contributed by atoms with Gasteiger partial charge in [-0.25, -0.2) is 0 Å². The summed E-state index contributed by atoms with van der Waals surface area (Å²) >= 11 is 0. The van der Waals surface area contributed by atoms with Gasteiger partial charge in [-0.15, -0.1) is 0 Å². The first-order valence-corrected chi connectivity index (χ1v) is 9.39. The quantitative estimate of drug-likeness (QED) is 0.893. The average molecular weight is 356 g/mol. The van der Waals surface area contributed by atoms with Gasteiger partial charge in [-0.05, 0) is 50.1 Å². The third-order valence-electron chi connectivity index (χ3n) is 5.48. The summed E-state index contributed by atoms with van der Waals surface area (Å²) in [7, 11) is 3.46. The van der Waals surface area contributed by atoms with Crippen molar-refractivity contribution >= 4 is 5.69 Å². The molecular formula is C22H31N2O2+. The molecule has 0 amide bonds.